The van der Waals surface area contributed by atoms with E-state index in [-0.39, 0.29) is 23.8 Å². The lowest BCUT2D eigenvalue weighted by atomic mass is 10.1. The van der Waals surface area contributed by atoms with Crippen molar-refractivity contribution < 1.29 is 18.3 Å². The minimum absolute atomic E-state index is 0.0228. The number of hydrogen-bond donors (Lipinski definition) is 0. The zero-order valence-electron chi connectivity index (χ0n) is 17.7. The van der Waals surface area contributed by atoms with Crippen LogP contribution in [-0.4, -0.2) is 26.8 Å². The zero-order valence-corrected chi connectivity index (χ0v) is 18.5. The highest BCUT2D eigenvalue weighted by Gasteiger charge is 2.36. The van der Waals surface area contributed by atoms with E-state index in [0.29, 0.717) is 22.1 Å². The Hall–Kier alpha value is -3.07. The van der Waals surface area contributed by atoms with Crippen LogP contribution >= 0.6 is 11.8 Å². The molecule has 2 heterocycles. The van der Waals surface area contributed by atoms with Gasteiger partial charge < -0.3 is 4.74 Å². The Bertz CT molecular complexity index is 1140. The molecule has 3 aromatic rings. The number of halogens is 2. The van der Waals surface area contributed by atoms with Crippen molar-refractivity contribution in [2.45, 2.75) is 44.5 Å². The predicted molar refractivity (Wildman–Crippen MR) is 118 cm³/mol. The van der Waals surface area contributed by atoms with E-state index in [0.717, 1.165) is 30.7 Å². The van der Waals surface area contributed by atoms with Gasteiger partial charge in [0.1, 0.15) is 11.6 Å². The van der Waals surface area contributed by atoms with Gasteiger partial charge in [-0.25, -0.2) is 8.78 Å². The molecule has 0 saturated heterocycles. The van der Waals surface area contributed by atoms with Crippen LogP contribution in [0.15, 0.2) is 47.6 Å². The second-order valence-electron chi connectivity index (χ2n) is 7.22. The number of carbonyl (C=O) groups is 1. The van der Waals surface area contributed by atoms with E-state index in [1.54, 1.807) is 25.1 Å². The molecule has 4 rings (SSSR count). The third-order valence-electron chi connectivity index (χ3n) is 5.04. The molecule has 6 nitrogen and oxygen atoms in total. The number of para-hydroxylation sites is 1. The summed E-state index contributed by atoms with van der Waals surface area (Å²) in [6.07, 6.45) is 1.01. The summed E-state index contributed by atoms with van der Waals surface area (Å²) in [6.45, 7) is 3.81. The molecule has 0 fully saturated rings. The Kier molecular flexibility index (Phi) is 6.64. The molecule has 1 aliphatic heterocycles. The molecule has 0 bridgehead atoms. The molecule has 1 amide bonds. The van der Waals surface area contributed by atoms with Crippen LogP contribution in [0.1, 0.15) is 44.9 Å². The summed E-state index contributed by atoms with van der Waals surface area (Å²) in [5.41, 5.74) is 1.47. The molecule has 32 heavy (non-hydrogen) atoms. The topological polar surface area (TPSA) is 68.2 Å². The summed E-state index contributed by atoms with van der Waals surface area (Å²) in [4.78, 5) is 18.9. The van der Waals surface area contributed by atoms with Crippen molar-refractivity contribution in [1.82, 2.24) is 15.2 Å². The lowest BCUT2D eigenvalue weighted by molar-refractivity contribution is -0.120. The number of ether oxygens (including phenoxy) is 1. The Labute approximate surface area is 189 Å². The lowest BCUT2D eigenvalue weighted by Gasteiger charge is -2.30. The van der Waals surface area contributed by atoms with E-state index < -0.39 is 17.9 Å². The molecule has 0 N–H and O–H groups in total. The van der Waals surface area contributed by atoms with Crippen LogP contribution in [0.2, 0.25) is 0 Å². The Balaban J connectivity index is 1.89. The molecule has 1 unspecified atom stereocenters. The van der Waals surface area contributed by atoms with E-state index in [1.807, 2.05) is 6.07 Å². The van der Waals surface area contributed by atoms with Crippen molar-refractivity contribution in [1.29, 1.82) is 0 Å². The highest BCUT2D eigenvalue weighted by atomic mass is 32.2. The van der Waals surface area contributed by atoms with E-state index in [4.69, 9.17) is 4.74 Å². The van der Waals surface area contributed by atoms with Crippen molar-refractivity contribution in [3.63, 3.8) is 0 Å². The molecule has 0 spiro atoms. The zero-order chi connectivity index (χ0) is 22.7. The summed E-state index contributed by atoms with van der Waals surface area (Å²) >= 11 is 1.45. The second-order valence-corrected chi connectivity index (χ2v) is 8.28. The number of nitrogens with zero attached hydrogens (tertiary/aromatic N) is 4. The van der Waals surface area contributed by atoms with E-state index >= 15 is 0 Å². The van der Waals surface area contributed by atoms with Crippen molar-refractivity contribution in [3.8, 4) is 17.1 Å². The monoisotopic (exact) mass is 456 g/mol. The first kappa shape index (κ1) is 22.1. The summed E-state index contributed by atoms with van der Waals surface area (Å²) < 4.78 is 34.6. The number of fused-ring (bicyclic) bond motifs is 3. The van der Waals surface area contributed by atoms with Gasteiger partial charge in [0.15, 0.2) is 5.69 Å². The van der Waals surface area contributed by atoms with Gasteiger partial charge in [-0.15, -0.1) is 10.2 Å². The van der Waals surface area contributed by atoms with Gasteiger partial charge in [-0.1, -0.05) is 50.2 Å². The highest BCUT2D eigenvalue weighted by Crippen LogP contribution is 2.44. The fraction of sp³-hybridized carbons (Fsp3) is 0.304. The summed E-state index contributed by atoms with van der Waals surface area (Å²) in [5, 5.41) is 8.98. The second kappa shape index (κ2) is 9.60. The van der Waals surface area contributed by atoms with Crippen LogP contribution in [0.3, 0.4) is 0 Å². The molecule has 1 atom stereocenters. The van der Waals surface area contributed by atoms with Gasteiger partial charge in [-0.05, 0) is 24.6 Å². The van der Waals surface area contributed by atoms with Gasteiger partial charge in [0.25, 0.3) is 0 Å². The SMILES string of the molecule is CCCCSc1nnc2c(n1)OC(c1ccc(F)cc1F)N(C(=O)CC)c1ccccc1-2. The molecule has 0 radical (unpaired) electrons. The molecule has 0 saturated carbocycles. The minimum Gasteiger partial charge on any atom is -0.447 e. The Morgan fingerprint density at radius 1 is 1.16 bits per heavy atom. The molecule has 166 valence electrons. The number of benzene rings is 2. The number of rotatable bonds is 6. The average Bonchev–Trinajstić information content (AvgIpc) is 2.93. The summed E-state index contributed by atoms with van der Waals surface area (Å²) in [7, 11) is 0. The summed E-state index contributed by atoms with van der Waals surface area (Å²) in [6, 6.07) is 10.3. The van der Waals surface area contributed by atoms with Crippen LogP contribution in [0.5, 0.6) is 5.88 Å². The molecule has 1 aliphatic rings. The van der Waals surface area contributed by atoms with Gasteiger partial charge in [0, 0.05) is 29.4 Å². The molecule has 9 heteroatoms. The number of thioether (sulfide) groups is 1. The van der Waals surface area contributed by atoms with Crippen LogP contribution in [0.4, 0.5) is 14.5 Å². The number of aromatic nitrogens is 3. The standard InChI is InChI=1S/C23H22F2N4O2S/c1-3-5-12-32-23-26-21-20(27-28-23)16-8-6-7-9-18(16)29(19(30)4-2)22(31-21)15-11-10-14(24)13-17(15)25/h6-11,13,22H,3-5,12H2,1-2H3. The van der Waals surface area contributed by atoms with Gasteiger partial charge >= 0.3 is 0 Å². The smallest absolute Gasteiger partial charge is 0.247 e. The Morgan fingerprint density at radius 2 is 1.97 bits per heavy atom. The van der Waals surface area contributed by atoms with Gasteiger partial charge in [0.05, 0.1) is 5.69 Å². The predicted octanol–water partition coefficient (Wildman–Crippen LogP) is 5.54. The number of hydrogen-bond acceptors (Lipinski definition) is 6. The van der Waals surface area contributed by atoms with Crippen LogP contribution in [0, 0.1) is 11.6 Å². The number of amides is 1. The lowest BCUT2D eigenvalue weighted by Crippen LogP contribution is -2.37. The molecule has 2 aromatic carbocycles. The molecule has 1 aromatic heterocycles. The third kappa shape index (κ3) is 4.29. The fourth-order valence-electron chi connectivity index (χ4n) is 3.43. The van der Waals surface area contributed by atoms with E-state index in [1.165, 1.54) is 22.7 Å². The fourth-order valence-corrected chi connectivity index (χ4v) is 4.29. The number of carbonyl (C=O) groups excluding carboxylic acids is 1. The van der Waals surface area contributed by atoms with E-state index in [2.05, 4.69) is 22.1 Å². The average molecular weight is 457 g/mol. The largest absolute Gasteiger partial charge is 0.447 e. The number of anilines is 1. The van der Waals surface area contributed by atoms with Crippen LogP contribution in [-0.2, 0) is 4.79 Å². The van der Waals surface area contributed by atoms with Gasteiger partial charge in [0.2, 0.25) is 23.2 Å². The van der Waals surface area contributed by atoms with Crippen LogP contribution < -0.4 is 9.64 Å². The van der Waals surface area contributed by atoms with Gasteiger partial charge in [-0.3, -0.25) is 9.69 Å². The molecular weight excluding hydrogens is 434 g/mol. The number of unbranched alkanes of at least 4 members (excludes halogenated alkanes) is 1. The summed E-state index contributed by atoms with van der Waals surface area (Å²) in [5.74, 6) is -0.850. The Morgan fingerprint density at radius 3 is 2.72 bits per heavy atom. The maximum Gasteiger partial charge on any atom is 0.247 e. The highest BCUT2D eigenvalue weighted by molar-refractivity contribution is 7.99. The van der Waals surface area contributed by atoms with Gasteiger partial charge in [-0.2, -0.15) is 4.98 Å². The maximum atomic E-state index is 14.8. The van der Waals surface area contributed by atoms with Crippen molar-refractivity contribution >= 4 is 23.4 Å². The normalized spacial score (nSPS) is 14.9. The first-order valence-corrected chi connectivity index (χ1v) is 11.4. The molecule has 0 aliphatic carbocycles. The van der Waals surface area contributed by atoms with Crippen molar-refractivity contribution in [2.24, 2.45) is 0 Å². The quantitative estimate of drug-likeness (QED) is 0.358. The molecular formula is C23H22F2N4O2S. The first-order valence-electron chi connectivity index (χ1n) is 10.4. The van der Waals surface area contributed by atoms with E-state index in [9.17, 15) is 13.6 Å². The third-order valence-corrected chi connectivity index (χ3v) is 5.96. The van der Waals surface area contributed by atoms with Crippen LogP contribution in [0.25, 0.3) is 11.3 Å². The van der Waals surface area contributed by atoms with Crippen molar-refractivity contribution in [3.05, 3.63) is 59.7 Å². The minimum atomic E-state index is -1.18. The maximum absolute atomic E-state index is 14.8. The first-order chi connectivity index (χ1) is 15.5. The van der Waals surface area contributed by atoms with Crippen molar-refractivity contribution in [2.75, 3.05) is 10.7 Å².